The molecule has 0 unspecified atom stereocenters. The van der Waals surface area contributed by atoms with E-state index in [1.807, 2.05) is 0 Å². The fourth-order valence-electron chi connectivity index (χ4n) is 2.15. The molecule has 0 amide bonds. The summed E-state index contributed by atoms with van der Waals surface area (Å²) in [5, 5.41) is 17.5. The molecule has 1 aromatic rings. The lowest BCUT2D eigenvalue weighted by Crippen LogP contribution is -2.47. The van der Waals surface area contributed by atoms with Gasteiger partial charge in [-0.1, -0.05) is 12.1 Å². The van der Waals surface area contributed by atoms with Gasteiger partial charge in [0.1, 0.15) is 42.6 Å². The minimum absolute atomic E-state index is 0.0973. The number of rotatable bonds is 12. The topological polar surface area (TPSA) is 284 Å². The number of carboxylic acids is 1. The Morgan fingerprint density at radius 1 is 0.919 bits per heavy atom. The molecule has 0 heterocycles. The van der Waals surface area contributed by atoms with Gasteiger partial charge in [0, 0.05) is 5.75 Å². The molecule has 0 bridgehead atoms. The van der Waals surface area contributed by atoms with Crippen LogP contribution in [0.2, 0.25) is 0 Å². The van der Waals surface area contributed by atoms with Gasteiger partial charge in [-0.05, 0) is 31.0 Å². The minimum atomic E-state index is -1.34. The molecule has 12 N–H and O–H groups in total. The van der Waals surface area contributed by atoms with Gasteiger partial charge in [-0.15, -0.1) is 0 Å². The summed E-state index contributed by atoms with van der Waals surface area (Å²) in [5.41, 5.74) is 27.4. The van der Waals surface area contributed by atoms with E-state index in [4.69, 9.17) is 38.5 Å². The van der Waals surface area contributed by atoms with Crippen LogP contribution < -0.4 is 28.7 Å². The van der Waals surface area contributed by atoms with Crippen LogP contribution in [0.4, 0.5) is 0 Å². The standard InChI is InChI=1S/C15H21N3O6.C6H12N2O4S/c1-8(13(18)15(22)24-12(20)7-16)23-14(21)11(17)6-9-2-4-10(19)5-3-9;7-3(5(9)10)1-12-6(11)4(8)2-13/h2-5,8,11,13,19H,6-7,16-18H2,1H3;3-4,13H,1-2,7-8H2,(H,9,10)/t8-,11+,13+;3-,4-/m10/s1. The Hall–Kier alpha value is -3.28. The maximum absolute atomic E-state index is 11.9. The summed E-state index contributed by atoms with van der Waals surface area (Å²) in [4.78, 5) is 55.5. The predicted molar refractivity (Wildman–Crippen MR) is 132 cm³/mol. The Morgan fingerprint density at radius 2 is 1.49 bits per heavy atom. The third-order valence-electron chi connectivity index (χ3n) is 4.38. The molecule has 0 saturated heterocycles. The van der Waals surface area contributed by atoms with Crippen molar-refractivity contribution >= 4 is 42.5 Å². The summed E-state index contributed by atoms with van der Waals surface area (Å²) in [6.07, 6.45) is -0.863. The fourth-order valence-corrected chi connectivity index (χ4v) is 2.30. The molecule has 37 heavy (non-hydrogen) atoms. The molecule has 208 valence electrons. The van der Waals surface area contributed by atoms with Gasteiger partial charge in [0.15, 0.2) is 0 Å². The van der Waals surface area contributed by atoms with E-state index in [-0.39, 0.29) is 24.5 Å². The number of carbonyl (C=O) groups is 5. The smallest absolute Gasteiger partial charge is 0.334 e. The summed E-state index contributed by atoms with van der Waals surface area (Å²) in [5.74, 6) is -4.43. The Kier molecular flexibility index (Phi) is 15.7. The molecule has 0 aliphatic carbocycles. The normalized spacial score (nSPS) is 14.5. The number of nitrogens with two attached hydrogens (primary N) is 5. The summed E-state index contributed by atoms with van der Waals surface area (Å²) in [7, 11) is 0. The predicted octanol–water partition coefficient (Wildman–Crippen LogP) is -3.25. The highest BCUT2D eigenvalue weighted by Crippen LogP contribution is 2.12. The zero-order chi connectivity index (χ0) is 28.7. The monoisotopic (exact) mass is 547 g/mol. The van der Waals surface area contributed by atoms with Gasteiger partial charge < -0.3 is 53.1 Å². The molecule has 15 nitrogen and oxygen atoms in total. The van der Waals surface area contributed by atoms with Crippen LogP contribution in [-0.2, 0) is 44.6 Å². The van der Waals surface area contributed by atoms with Crippen molar-refractivity contribution < 1.29 is 48.4 Å². The average Bonchev–Trinajstić information content (AvgIpc) is 2.87. The van der Waals surface area contributed by atoms with Crippen LogP contribution >= 0.6 is 12.6 Å². The molecule has 1 aromatic carbocycles. The van der Waals surface area contributed by atoms with E-state index >= 15 is 0 Å². The van der Waals surface area contributed by atoms with E-state index in [0.29, 0.717) is 0 Å². The number of aromatic hydroxyl groups is 1. The third-order valence-corrected chi connectivity index (χ3v) is 4.77. The number of phenols is 1. The number of carboxylic acid groups (broad SMARTS) is 1. The lowest BCUT2D eigenvalue weighted by molar-refractivity contribution is -0.164. The van der Waals surface area contributed by atoms with Crippen molar-refractivity contribution in [1.29, 1.82) is 0 Å². The van der Waals surface area contributed by atoms with Crippen molar-refractivity contribution in [2.45, 2.75) is 43.6 Å². The number of aliphatic carboxylic acids is 1. The van der Waals surface area contributed by atoms with Gasteiger partial charge in [-0.25, -0.2) is 4.79 Å². The van der Waals surface area contributed by atoms with Crippen molar-refractivity contribution in [1.82, 2.24) is 0 Å². The molecule has 0 spiro atoms. The van der Waals surface area contributed by atoms with Crippen molar-refractivity contribution in [2.24, 2.45) is 28.7 Å². The number of hydrogen-bond donors (Lipinski definition) is 8. The van der Waals surface area contributed by atoms with Gasteiger partial charge in [-0.2, -0.15) is 12.6 Å². The Labute approximate surface area is 218 Å². The molecular weight excluding hydrogens is 514 g/mol. The highest BCUT2D eigenvalue weighted by Gasteiger charge is 2.29. The summed E-state index contributed by atoms with van der Waals surface area (Å²) in [6, 6.07) is 1.80. The van der Waals surface area contributed by atoms with Gasteiger partial charge in [-0.3, -0.25) is 19.2 Å². The Balaban J connectivity index is 0.000000845. The fraction of sp³-hybridized carbons (Fsp3) is 0.476. The van der Waals surface area contributed by atoms with Crippen LogP contribution in [0.15, 0.2) is 24.3 Å². The largest absolute Gasteiger partial charge is 0.508 e. The van der Waals surface area contributed by atoms with E-state index in [9.17, 15) is 29.1 Å². The molecule has 0 radical (unpaired) electrons. The third kappa shape index (κ3) is 13.6. The highest BCUT2D eigenvalue weighted by atomic mass is 32.1. The minimum Gasteiger partial charge on any atom is -0.508 e. The lowest BCUT2D eigenvalue weighted by Gasteiger charge is -2.20. The maximum Gasteiger partial charge on any atom is 0.334 e. The van der Waals surface area contributed by atoms with Gasteiger partial charge in [0.2, 0.25) is 0 Å². The molecule has 0 aromatic heterocycles. The van der Waals surface area contributed by atoms with E-state index < -0.39 is 66.7 Å². The van der Waals surface area contributed by atoms with Gasteiger partial charge in [0.05, 0.1) is 6.54 Å². The Bertz CT molecular complexity index is 917. The van der Waals surface area contributed by atoms with Crippen molar-refractivity contribution in [2.75, 3.05) is 18.9 Å². The zero-order valence-electron chi connectivity index (χ0n) is 20.0. The molecule has 0 aliphatic rings. The van der Waals surface area contributed by atoms with Crippen LogP contribution in [-0.4, -0.2) is 89.2 Å². The van der Waals surface area contributed by atoms with E-state index in [2.05, 4.69) is 22.1 Å². The van der Waals surface area contributed by atoms with Gasteiger partial charge >= 0.3 is 29.8 Å². The number of hydrogen-bond acceptors (Lipinski definition) is 15. The average molecular weight is 548 g/mol. The maximum atomic E-state index is 11.9. The van der Waals surface area contributed by atoms with E-state index in [0.717, 1.165) is 5.56 Å². The molecule has 16 heteroatoms. The Morgan fingerprint density at radius 3 is 1.97 bits per heavy atom. The molecule has 0 fully saturated rings. The van der Waals surface area contributed by atoms with Crippen LogP contribution in [0, 0.1) is 0 Å². The zero-order valence-corrected chi connectivity index (χ0v) is 20.9. The van der Waals surface area contributed by atoms with Crippen molar-refractivity contribution in [3.05, 3.63) is 29.8 Å². The number of phenolic OH excluding ortho intramolecular Hbond substituents is 1. The summed E-state index contributed by atoms with van der Waals surface area (Å²) < 4.78 is 13.9. The van der Waals surface area contributed by atoms with Crippen molar-refractivity contribution in [3.63, 3.8) is 0 Å². The summed E-state index contributed by atoms with van der Waals surface area (Å²) >= 11 is 3.77. The number of benzene rings is 1. The first-order valence-electron chi connectivity index (χ1n) is 10.7. The number of ether oxygens (including phenoxy) is 3. The van der Waals surface area contributed by atoms with E-state index in [1.54, 1.807) is 12.1 Å². The lowest BCUT2D eigenvalue weighted by atomic mass is 10.1. The number of thiol groups is 1. The first-order chi connectivity index (χ1) is 17.2. The molecule has 5 atom stereocenters. The molecule has 0 saturated carbocycles. The summed E-state index contributed by atoms with van der Waals surface area (Å²) in [6.45, 7) is 0.532. The van der Waals surface area contributed by atoms with Gasteiger partial charge in [0.25, 0.3) is 0 Å². The van der Waals surface area contributed by atoms with E-state index in [1.165, 1.54) is 19.1 Å². The molecule has 0 aliphatic heterocycles. The second-order valence-electron chi connectivity index (χ2n) is 7.51. The van der Waals surface area contributed by atoms with Crippen LogP contribution in [0.25, 0.3) is 0 Å². The first-order valence-corrected chi connectivity index (χ1v) is 11.3. The number of esters is 4. The quantitative estimate of drug-likeness (QED) is 0.0551. The SMILES string of the molecule is C[C@@H](OC(=O)[C@@H](N)Cc1ccc(O)cc1)[C@H](N)C(=O)OC(=O)CN.N[C@@H](COC(=O)[C@@H](N)CS)C(=O)O. The highest BCUT2D eigenvalue weighted by molar-refractivity contribution is 7.80. The second kappa shape index (κ2) is 17.2. The van der Waals surface area contributed by atoms with Crippen molar-refractivity contribution in [3.8, 4) is 5.75 Å². The second-order valence-corrected chi connectivity index (χ2v) is 7.87. The van der Waals surface area contributed by atoms with Crippen LogP contribution in [0.3, 0.4) is 0 Å². The van der Waals surface area contributed by atoms with Crippen LogP contribution in [0.5, 0.6) is 5.75 Å². The molecular formula is C21H33N5O10S. The molecule has 1 rings (SSSR count). The van der Waals surface area contributed by atoms with Crippen LogP contribution in [0.1, 0.15) is 12.5 Å². The number of carbonyl (C=O) groups excluding carboxylic acids is 4. The first kappa shape index (κ1) is 33.7.